The van der Waals surface area contributed by atoms with Crippen molar-refractivity contribution in [3.63, 3.8) is 0 Å². The zero-order valence-corrected chi connectivity index (χ0v) is 7.77. The maximum atomic E-state index is 10.6. The predicted octanol–water partition coefficient (Wildman–Crippen LogP) is 2.94. The summed E-state index contributed by atoms with van der Waals surface area (Å²) >= 11 is 0. The van der Waals surface area contributed by atoms with E-state index in [1.807, 2.05) is 12.1 Å². The first-order valence-electron chi connectivity index (χ1n) is 4.71. The molecule has 0 spiro atoms. The Morgan fingerprint density at radius 2 is 2.21 bits per heavy atom. The van der Waals surface area contributed by atoms with Gasteiger partial charge in [0.1, 0.15) is 0 Å². The number of fused-ring (bicyclic) bond motifs is 1. The quantitative estimate of drug-likeness (QED) is 0.503. The zero-order chi connectivity index (χ0) is 9.97. The third kappa shape index (κ3) is 1.66. The van der Waals surface area contributed by atoms with Crippen molar-refractivity contribution in [1.82, 2.24) is 0 Å². The monoisotopic (exact) mass is 189 g/mol. The van der Waals surface area contributed by atoms with E-state index in [9.17, 15) is 10.1 Å². The fraction of sp³-hybridized carbons (Fsp3) is 0.273. The molecule has 0 aromatic heterocycles. The molecule has 0 aliphatic heterocycles. The van der Waals surface area contributed by atoms with Crippen molar-refractivity contribution in [2.45, 2.75) is 19.3 Å². The van der Waals surface area contributed by atoms with Gasteiger partial charge < -0.3 is 0 Å². The van der Waals surface area contributed by atoms with Gasteiger partial charge in [0.15, 0.2) is 0 Å². The lowest BCUT2D eigenvalue weighted by atomic mass is 10.0. The molecule has 0 bridgehead atoms. The molecule has 0 N–H and O–H groups in total. The molecule has 1 aliphatic rings. The van der Waals surface area contributed by atoms with Crippen molar-refractivity contribution in [3.05, 3.63) is 45.5 Å². The van der Waals surface area contributed by atoms with E-state index in [1.165, 1.54) is 0 Å². The Labute approximate surface area is 82.2 Å². The van der Waals surface area contributed by atoms with Gasteiger partial charge in [0.25, 0.3) is 5.69 Å². The fourth-order valence-corrected chi connectivity index (χ4v) is 1.71. The van der Waals surface area contributed by atoms with Gasteiger partial charge in [-0.25, -0.2) is 0 Å². The largest absolute Gasteiger partial charge is 0.269 e. The smallest absolute Gasteiger partial charge is 0.258 e. The topological polar surface area (TPSA) is 43.1 Å². The molecule has 72 valence electrons. The predicted molar refractivity (Wildman–Crippen MR) is 55.1 cm³/mol. The van der Waals surface area contributed by atoms with Crippen LogP contribution in [0.3, 0.4) is 0 Å². The maximum Gasteiger partial charge on any atom is 0.269 e. The lowest BCUT2D eigenvalue weighted by molar-refractivity contribution is -0.384. The number of hydrogen-bond acceptors (Lipinski definition) is 2. The number of allylic oxidation sites excluding steroid dienone is 1. The standard InChI is InChI=1S/C11H11NO2/c13-12(14)11-7-6-9-4-2-1-3-5-10(9)8-11/h2,4,6-8H,1,3,5H2. The second-order valence-electron chi connectivity index (χ2n) is 3.43. The molecule has 0 fully saturated rings. The zero-order valence-electron chi connectivity index (χ0n) is 7.77. The van der Waals surface area contributed by atoms with Gasteiger partial charge in [-0.2, -0.15) is 0 Å². The molecule has 3 heteroatoms. The van der Waals surface area contributed by atoms with Gasteiger partial charge >= 0.3 is 0 Å². The minimum atomic E-state index is -0.338. The Balaban J connectivity index is 2.44. The van der Waals surface area contributed by atoms with Crippen LogP contribution in [0.15, 0.2) is 24.3 Å². The molecular weight excluding hydrogens is 178 g/mol. The Morgan fingerprint density at radius 1 is 1.36 bits per heavy atom. The van der Waals surface area contributed by atoms with Crippen LogP contribution in [0.5, 0.6) is 0 Å². The van der Waals surface area contributed by atoms with Crippen molar-refractivity contribution in [3.8, 4) is 0 Å². The average Bonchev–Trinajstić information content (AvgIpc) is 2.41. The van der Waals surface area contributed by atoms with Crippen molar-refractivity contribution in [1.29, 1.82) is 0 Å². The molecule has 0 saturated heterocycles. The number of non-ortho nitro benzene ring substituents is 1. The molecule has 0 unspecified atom stereocenters. The Hall–Kier alpha value is -1.64. The summed E-state index contributed by atoms with van der Waals surface area (Å²) in [6.07, 6.45) is 7.24. The fourth-order valence-electron chi connectivity index (χ4n) is 1.71. The Bertz CT molecular complexity index is 396. The summed E-state index contributed by atoms with van der Waals surface area (Å²) in [6, 6.07) is 5.08. The van der Waals surface area contributed by atoms with E-state index in [-0.39, 0.29) is 10.6 Å². The number of nitro groups is 1. The Kier molecular flexibility index (Phi) is 2.31. The molecule has 0 saturated carbocycles. The number of benzene rings is 1. The van der Waals surface area contributed by atoms with E-state index in [4.69, 9.17) is 0 Å². The van der Waals surface area contributed by atoms with Crippen LogP contribution in [0.2, 0.25) is 0 Å². The minimum absolute atomic E-state index is 0.194. The highest BCUT2D eigenvalue weighted by molar-refractivity contribution is 5.57. The van der Waals surface area contributed by atoms with Gasteiger partial charge in [0, 0.05) is 12.1 Å². The van der Waals surface area contributed by atoms with E-state index in [1.54, 1.807) is 12.1 Å². The SMILES string of the molecule is O=[N+]([O-])c1ccc2c(c1)CCCC=C2. The summed E-state index contributed by atoms with van der Waals surface area (Å²) < 4.78 is 0. The summed E-state index contributed by atoms with van der Waals surface area (Å²) in [6.45, 7) is 0. The first-order chi connectivity index (χ1) is 6.77. The third-order valence-corrected chi connectivity index (χ3v) is 2.45. The molecular formula is C11H11NO2. The molecule has 1 aromatic carbocycles. The minimum Gasteiger partial charge on any atom is -0.258 e. The van der Waals surface area contributed by atoms with Crippen LogP contribution in [0, 0.1) is 10.1 Å². The van der Waals surface area contributed by atoms with Gasteiger partial charge in [-0.1, -0.05) is 12.2 Å². The van der Waals surface area contributed by atoms with E-state index in [0.717, 1.165) is 30.4 Å². The molecule has 14 heavy (non-hydrogen) atoms. The van der Waals surface area contributed by atoms with Crippen LogP contribution in [0.25, 0.3) is 6.08 Å². The highest BCUT2D eigenvalue weighted by atomic mass is 16.6. The van der Waals surface area contributed by atoms with Gasteiger partial charge in [-0.05, 0) is 36.5 Å². The highest BCUT2D eigenvalue weighted by Gasteiger charge is 2.10. The maximum absolute atomic E-state index is 10.6. The highest BCUT2D eigenvalue weighted by Crippen LogP contribution is 2.23. The van der Waals surface area contributed by atoms with Crippen molar-refractivity contribution < 1.29 is 4.92 Å². The summed E-state index contributed by atoms with van der Waals surface area (Å²) in [5.41, 5.74) is 2.40. The third-order valence-electron chi connectivity index (χ3n) is 2.45. The number of hydrogen-bond donors (Lipinski definition) is 0. The lowest BCUT2D eigenvalue weighted by Gasteiger charge is -2.02. The van der Waals surface area contributed by atoms with E-state index in [2.05, 4.69) is 6.08 Å². The van der Waals surface area contributed by atoms with Crippen molar-refractivity contribution >= 4 is 11.8 Å². The number of nitro benzene ring substituents is 1. The molecule has 1 aromatic rings. The molecule has 3 nitrogen and oxygen atoms in total. The molecule has 2 rings (SSSR count). The van der Waals surface area contributed by atoms with E-state index in [0.29, 0.717) is 0 Å². The van der Waals surface area contributed by atoms with Gasteiger partial charge in [-0.15, -0.1) is 0 Å². The van der Waals surface area contributed by atoms with Crippen molar-refractivity contribution in [2.75, 3.05) is 0 Å². The van der Waals surface area contributed by atoms with Crippen LogP contribution in [0.4, 0.5) is 5.69 Å². The summed E-state index contributed by atoms with van der Waals surface area (Å²) in [7, 11) is 0. The van der Waals surface area contributed by atoms with Crippen LogP contribution in [0.1, 0.15) is 24.0 Å². The number of rotatable bonds is 1. The van der Waals surface area contributed by atoms with Crippen LogP contribution in [-0.2, 0) is 6.42 Å². The number of aryl methyl sites for hydroxylation is 1. The lowest BCUT2D eigenvalue weighted by Crippen LogP contribution is -1.92. The number of nitrogens with zero attached hydrogens (tertiary/aromatic N) is 1. The second-order valence-corrected chi connectivity index (χ2v) is 3.43. The molecule has 0 heterocycles. The summed E-state index contributed by atoms with van der Waals surface area (Å²) in [4.78, 5) is 10.2. The average molecular weight is 189 g/mol. The van der Waals surface area contributed by atoms with Gasteiger partial charge in [0.05, 0.1) is 4.92 Å². The first kappa shape index (κ1) is 8.94. The summed E-state index contributed by atoms with van der Waals surface area (Å²) in [5, 5.41) is 10.6. The summed E-state index contributed by atoms with van der Waals surface area (Å²) in [5.74, 6) is 0. The Morgan fingerprint density at radius 3 is 3.00 bits per heavy atom. The molecule has 0 radical (unpaired) electrons. The van der Waals surface area contributed by atoms with Crippen LogP contribution in [-0.4, -0.2) is 4.92 Å². The van der Waals surface area contributed by atoms with Gasteiger partial charge in [-0.3, -0.25) is 10.1 Å². The van der Waals surface area contributed by atoms with Gasteiger partial charge in [0.2, 0.25) is 0 Å². The van der Waals surface area contributed by atoms with E-state index >= 15 is 0 Å². The van der Waals surface area contributed by atoms with Crippen molar-refractivity contribution in [2.24, 2.45) is 0 Å². The molecule has 0 atom stereocenters. The van der Waals surface area contributed by atoms with Crippen LogP contribution < -0.4 is 0 Å². The molecule has 1 aliphatic carbocycles. The first-order valence-corrected chi connectivity index (χ1v) is 4.71. The normalized spacial score (nSPS) is 14.6. The molecule has 0 amide bonds. The van der Waals surface area contributed by atoms with E-state index < -0.39 is 0 Å². The van der Waals surface area contributed by atoms with Crippen LogP contribution >= 0.6 is 0 Å². The second kappa shape index (κ2) is 3.62.